The predicted octanol–water partition coefficient (Wildman–Crippen LogP) is 5.37. The van der Waals surface area contributed by atoms with E-state index in [1.54, 1.807) is 23.9 Å². The second-order valence-corrected chi connectivity index (χ2v) is 8.73. The van der Waals surface area contributed by atoms with Crippen molar-refractivity contribution in [3.05, 3.63) is 82.2 Å². The third-order valence-corrected chi connectivity index (χ3v) is 6.82. The molecular formula is C24H22N2O3S. The molecule has 5 nitrogen and oxygen atoms in total. The summed E-state index contributed by atoms with van der Waals surface area (Å²) in [7, 11) is 0. The standard InChI is InChI=1S/C24H22N2O3S/c1-13-21-22(15-5-9-18(30-2)10-6-15)23-19(25-24(21)29-26-13)11-16(12-20(23)28)14-3-7-17(27)8-4-14/h3-10,16,22,25,27H,11-12H2,1-2H3/t16-,22+/m1/s1. The minimum atomic E-state index is -0.174. The summed E-state index contributed by atoms with van der Waals surface area (Å²) in [5.74, 6) is 0.893. The molecule has 2 aromatic carbocycles. The number of thioether (sulfide) groups is 1. The maximum absolute atomic E-state index is 13.4. The van der Waals surface area contributed by atoms with E-state index in [9.17, 15) is 9.90 Å². The number of aromatic hydroxyl groups is 1. The third-order valence-electron chi connectivity index (χ3n) is 6.07. The maximum Gasteiger partial charge on any atom is 0.233 e. The van der Waals surface area contributed by atoms with E-state index in [1.165, 1.54) is 4.90 Å². The first-order valence-corrected chi connectivity index (χ1v) is 11.2. The minimum absolute atomic E-state index is 0.0643. The number of aryl methyl sites for hydroxylation is 1. The second kappa shape index (κ2) is 7.36. The molecule has 0 unspecified atom stereocenters. The van der Waals surface area contributed by atoms with Crippen LogP contribution in [0.25, 0.3) is 0 Å². The fraction of sp³-hybridized carbons (Fsp3) is 0.250. The Hall–Kier alpha value is -2.99. The maximum atomic E-state index is 13.4. The number of nitrogens with zero attached hydrogens (tertiary/aromatic N) is 1. The van der Waals surface area contributed by atoms with Crippen LogP contribution < -0.4 is 5.32 Å². The molecule has 2 heterocycles. The molecule has 1 aromatic heterocycles. The van der Waals surface area contributed by atoms with Crippen molar-refractivity contribution in [3.8, 4) is 5.75 Å². The minimum Gasteiger partial charge on any atom is -0.508 e. The van der Waals surface area contributed by atoms with Gasteiger partial charge in [0.25, 0.3) is 0 Å². The number of carbonyl (C=O) groups is 1. The fourth-order valence-electron chi connectivity index (χ4n) is 4.58. The summed E-state index contributed by atoms with van der Waals surface area (Å²) >= 11 is 1.70. The Labute approximate surface area is 179 Å². The number of rotatable bonds is 3. The number of benzene rings is 2. The highest BCUT2D eigenvalue weighted by Crippen LogP contribution is 2.49. The third kappa shape index (κ3) is 3.12. The van der Waals surface area contributed by atoms with E-state index in [0.29, 0.717) is 18.7 Å². The van der Waals surface area contributed by atoms with Crippen LogP contribution in [0.5, 0.6) is 5.75 Å². The van der Waals surface area contributed by atoms with Gasteiger partial charge in [-0.05, 0) is 60.9 Å². The number of fused-ring (bicyclic) bond motifs is 1. The van der Waals surface area contributed by atoms with Crippen molar-refractivity contribution in [2.45, 2.75) is 36.5 Å². The zero-order valence-electron chi connectivity index (χ0n) is 16.8. The molecular weight excluding hydrogens is 396 g/mol. The predicted molar refractivity (Wildman–Crippen MR) is 117 cm³/mol. The molecule has 0 fully saturated rings. The van der Waals surface area contributed by atoms with Crippen molar-refractivity contribution in [2.24, 2.45) is 0 Å². The molecule has 0 saturated carbocycles. The molecule has 2 atom stereocenters. The summed E-state index contributed by atoms with van der Waals surface area (Å²) < 4.78 is 5.58. The number of phenolic OH excluding ortho intramolecular Hbond substituents is 1. The topological polar surface area (TPSA) is 75.4 Å². The van der Waals surface area contributed by atoms with Gasteiger partial charge in [-0.15, -0.1) is 11.8 Å². The molecule has 1 aliphatic carbocycles. The first-order chi connectivity index (χ1) is 14.5. The van der Waals surface area contributed by atoms with Gasteiger partial charge in [-0.2, -0.15) is 0 Å². The highest BCUT2D eigenvalue weighted by atomic mass is 32.2. The van der Waals surface area contributed by atoms with E-state index in [-0.39, 0.29) is 23.4 Å². The summed E-state index contributed by atoms with van der Waals surface area (Å²) in [6.45, 7) is 1.92. The lowest BCUT2D eigenvalue weighted by Crippen LogP contribution is -2.29. The van der Waals surface area contributed by atoms with Gasteiger partial charge >= 0.3 is 0 Å². The molecule has 0 spiro atoms. The van der Waals surface area contributed by atoms with Gasteiger partial charge in [0.15, 0.2) is 5.78 Å². The molecule has 30 heavy (non-hydrogen) atoms. The number of ketones is 1. The van der Waals surface area contributed by atoms with E-state index >= 15 is 0 Å². The molecule has 5 rings (SSSR count). The Morgan fingerprint density at radius 3 is 2.47 bits per heavy atom. The van der Waals surface area contributed by atoms with Crippen molar-refractivity contribution < 1.29 is 14.4 Å². The van der Waals surface area contributed by atoms with Gasteiger partial charge < -0.3 is 14.9 Å². The van der Waals surface area contributed by atoms with Crippen LogP contribution >= 0.6 is 11.8 Å². The summed E-state index contributed by atoms with van der Waals surface area (Å²) in [5.41, 5.74) is 5.60. The van der Waals surface area contributed by atoms with Crippen LogP contribution in [0.1, 0.15) is 47.1 Å². The van der Waals surface area contributed by atoms with Crippen LogP contribution in [0.15, 0.2) is 69.2 Å². The normalized spacial score (nSPS) is 20.5. The summed E-state index contributed by atoms with van der Waals surface area (Å²) in [4.78, 5) is 14.6. The molecule has 0 amide bonds. The van der Waals surface area contributed by atoms with Crippen LogP contribution in [-0.4, -0.2) is 22.3 Å². The monoisotopic (exact) mass is 418 g/mol. The van der Waals surface area contributed by atoms with E-state index in [4.69, 9.17) is 4.52 Å². The first kappa shape index (κ1) is 19.0. The van der Waals surface area contributed by atoms with E-state index in [2.05, 4.69) is 41.0 Å². The Balaban J connectivity index is 1.59. The highest BCUT2D eigenvalue weighted by molar-refractivity contribution is 7.98. The number of carbonyl (C=O) groups excluding carboxylic acids is 1. The van der Waals surface area contributed by atoms with Gasteiger partial charge in [-0.25, -0.2) is 0 Å². The van der Waals surface area contributed by atoms with Gasteiger partial charge in [-0.1, -0.05) is 29.4 Å². The lowest BCUT2D eigenvalue weighted by atomic mass is 9.72. The quantitative estimate of drug-likeness (QED) is 0.557. The molecule has 0 radical (unpaired) electrons. The van der Waals surface area contributed by atoms with Crippen LogP contribution in [0.3, 0.4) is 0 Å². The lowest BCUT2D eigenvalue weighted by Gasteiger charge is -2.34. The Kier molecular flexibility index (Phi) is 4.66. The number of hydrogen-bond donors (Lipinski definition) is 2. The Morgan fingerprint density at radius 1 is 1.07 bits per heavy atom. The number of phenols is 1. The van der Waals surface area contributed by atoms with Crippen molar-refractivity contribution in [1.29, 1.82) is 0 Å². The van der Waals surface area contributed by atoms with Crippen molar-refractivity contribution >= 4 is 23.4 Å². The molecule has 0 bridgehead atoms. The fourth-order valence-corrected chi connectivity index (χ4v) is 4.99. The van der Waals surface area contributed by atoms with Gasteiger partial charge in [0.1, 0.15) is 5.75 Å². The van der Waals surface area contributed by atoms with Gasteiger partial charge in [0.05, 0.1) is 11.3 Å². The number of hydrogen-bond acceptors (Lipinski definition) is 6. The molecule has 2 aliphatic rings. The largest absolute Gasteiger partial charge is 0.508 e. The average molecular weight is 419 g/mol. The zero-order valence-corrected chi connectivity index (χ0v) is 17.6. The van der Waals surface area contributed by atoms with E-state index in [0.717, 1.165) is 33.7 Å². The smallest absolute Gasteiger partial charge is 0.233 e. The van der Waals surface area contributed by atoms with Gasteiger partial charge in [-0.3, -0.25) is 4.79 Å². The zero-order chi connectivity index (χ0) is 20.8. The summed E-state index contributed by atoms with van der Waals surface area (Å²) in [5, 5.41) is 17.1. The highest BCUT2D eigenvalue weighted by Gasteiger charge is 2.41. The van der Waals surface area contributed by atoms with Crippen molar-refractivity contribution in [3.63, 3.8) is 0 Å². The van der Waals surface area contributed by atoms with Crippen LogP contribution in [-0.2, 0) is 4.79 Å². The van der Waals surface area contributed by atoms with Crippen LogP contribution in [0, 0.1) is 6.92 Å². The number of aromatic nitrogens is 1. The van der Waals surface area contributed by atoms with Gasteiger partial charge in [0, 0.05) is 28.5 Å². The average Bonchev–Trinajstić information content (AvgIpc) is 3.13. The number of allylic oxidation sites excluding steroid dienone is 2. The Bertz CT molecular complexity index is 1150. The lowest BCUT2D eigenvalue weighted by molar-refractivity contribution is -0.116. The van der Waals surface area contributed by atoms with Gasteiger partial charge in [0.2, 0.25) is 5.88 Å². The number of nitrogens with one attached hydrogen (secondary N) is 1. The summed E-state index contributed by atoms with van der Waals surface area (Å²) in [6, 6.07) is 15.5. The van der Waals surface area contributed by atoms with Crippen molar-refractivity contribution in [1.82, 2.24) is 5.16 Å². The summed E-state index contributed by atoms with van der Waals surface area (Å²) in [6.07, 6.45) is 3.21. The van der Waals surface area contributed by atoms with Crippen molar-refractivity contribution in [2.75, 3.05) is 11.6 Å². The molecule has 2 N–H and O–H groups in total. The molecule has 3 aromatic rings. The molecule has 152 valence electrons. The van der Waals surface area contributed by atoms with E-state index in [1.807, 2.05) is 19.1 Å². The molecule has 1 aliphatic heterocycles. The second-order valence-electron chi connectivity index (χ2n) is 7.85. The van der Waals surface area contributed by atoms with Crippen LogP contribution in [0.4, 0.5) is 5.88 Å². The SMILES string of the molecule is CSc1ccc([C@@H]2C3=C(C[C@@H](c4ccc(O)cc4)CC3=O)Nc3onc(C)c32)cc1. The van der Waals surface area contributed by atoms with Crippen LogP contribution in [0.2, 0.25) is 0 Å². The molecule has 6 heteroatoms. The molecule has 0 saturated heterocycles. The number of Topliss-reactive ketones (excluding diaryl/α,β-unsaturated/α-hetero) is 1. The first-order valence-electron chi connectivity index (χ1n) is 9.97. The van der Waals surface area contributed by atoms with E-state index < -0.39 is 0 Å². The Morgan fingerprint density at radius 2 is 1.77 bits per heavy atom. The number of anilines is 1.